The molecule has 20 heavy (non-hydrogen) atoms. The van der Waals surface area contributed by atoms with Crippen LogP contribution in [0.2, 0.25) is 0 Å². The molecule has 0 aliphatic carbocycles. The summed E-state index contributed by atoms with van der Waals surface area (Å²) in [7, 11) is -0.897. The van der Waals surface area contributed by atoms with Gasteiger partial charge in [0, 0.05) is 34.5 Å². The van der Waals surface area contributed by atoms with Crippen LogP contribution in [0.3, 0.4) is 0 Å². The SMILES string of the molecule is CCS(=O)CCNC(=O)Nc1ccc(CC(=O)O)cc1. The maximum Gasteiger partial charge on any atom is 0.319 e. The van der Waals surface area contributed by atoms with E-state index in [0.717, 1.165) is 0 Å². The average molecular weight is 298 g/mol. The van der Waals surface area contributed by atoms with Crippen LogP contribution >= 0.6 is 0 Å². The zero-order valence-electron chi connectivity index (χ0n) is 11.2. The van der Waals surface area contributed by atoms with E-state index < -0.39 is 16.8 Å². The summed E-state index contributed by atoms with van der Waals surface area (Å²) < 4.78 is 11.2. The quantitative estimate of drug-likeness (QED) is 0.705. The second-order valence-corrected chi connectivity index (χ2v) is 5.95. The third-order valence-electron chi connectivity index (χ3n) is 2.50. The first-order valence-electron chi connectivity index (χ1n) is 6.22. The van der Waals surface area contributed by atoms with Crippen LogP contribution in [0, 0.1) is 0 Å². The summed E-state index contributed by atoms with van der Waals surface area (Å²) in [6.07, 6.45) is -0.0463. The van der Waals surface area contributed by atoms with Crippen molar-refractivity contribution in [2.24, 2.45) is 0 Å². The highest BCUT2D eigenvalue weighted by Gasteiger charge is 2.04. The van der Waals surface area contributed by atoms with E-state index in [1.165, 1.54) is 0 Å². The number of amides is 2. The Hall–Kier alpha value is -1.89. The van der Waals surface area contributed by atoms with Gasteiger partial charge in [0.05, 0.1) is 6.42 Å². The van der Waals surface area contributed by atoms with Crippen molar-refractivity contribution < 1.29 is 18.9 Å². The van der Waals surface area contributed by atoms with Gasteiger partial charge in [-0.25, -0.2) is 4.79 Å². The van der Waals surface area contributed by atoms with Gasteiger partial charge < -0.3 is 15.7 Å². The molecular weight excluding hydrogens is 280 g/mol. The lowest BCUT2D eigenvalue weighted by Crippen LogP contribution is -2.32. The maximum absolute atomic E-state index is 11.5. The molecule has 0 heterocycles. The first-order chi connectivity index (χ1) is 9.51. The zero-order valence-corrected chi connectivity index (χ0v) is 12.0. The minimum atomic E-state index is -0.897. The molecule has 1 atom stereocenters. The molecule has 0 radical (unpaired) electrons. The Balaban J connectivity index is 2.38. The molecule has 6 nitrogen and oxygen atoms in total. The van der Waals surface area contributed by atoms with Crippen molar-refractivity contribution in [2.45, 2.75) is 13.3 Å². The number of carboxylic acids is 1. The third-order valence-corrected chi connectivity index (χ3v) is 3.81. The second-order valence-electron chi connectivity index (χ2n) is 4.08. The van der Waals surface area contributed by atoms with Gasteiger partial charge in [0.15, 0.2) is 0 Å². The Morgan fingerprint density at radius 2 is 1.90 bits per heavy atom. The van der Waals surface area contributed by atoms with Crippen LogP contribution in [-0.4, -0.2) is 39.4 Å². The van der Waals surface area contributed by atoms with Gasteiger partial charge in [0.1, 0.15) is 0 Å². The van der Waals surface area contributed by atoms with Crippen LogP contribution in [0.1, 0.15) is 12.5 Å². The largest absolute Gasteiger partial charge is 0.481 e. The van der Waals surface area contributed by atoms with E-state index in [0.29, 0.717) is 29.3 Å². The fourth-order valence-electron chi connectivity index (χ4n) is 1.48. The molecule has 0 saturated carbocycles. The number of aliphatic carboxylic acids is 1. The number of nitrogens with one attached hydrogen (secondary N) is 2. The monoisotopic (exact) mass is 298 g/mol. The summed E-state index contributed by atoms with van der Waals surface area (Å²) >= 11 is 0. The van der Waals surface area contributed by atoms with Gasteiger partial charge in [0.25, 0.3) is 0 Å². The standard InChI is InChI=1S/C13H18N2O4S/c1-2-20(19)8-7-14-13(18)15-11-5-3-10(4-6-11)9-12(16)17/h3-6H,2,7-9H2,1H3,(H,16,17)(H2,14,15,18). The van der Waals surface area contributed by atoms with Crippen LogP contribution in [0.4, 0.5) is 10.5 Å². The lowest BCUT2D eigenvalue weighted by molar-refractivity contribution is -0.136. The number of urea groups is 1. The number of rotatable bonds is 7. The predicted octanol–water partition coefficient (Wildman–Crippen LogP) is 1.20. The van der Waals surface area contributed by atoms with Crippen LogP contribution in [0.5, 0.6) is 0 Å². The summed E-state index contributed by atoms with van der Waals surface area (Å²) in [6, 6.07) is 6.21. The molecule has 0 aliphatic heterocycles. The first kappa shape index (κ1) is 16.2. The predicted molar refractivity (Wildman–Crippen MR) is 78.4 cm³/mol. The van der Waals surface area contributed by atoms with E-state index in [9.17, 15) is 13.8 Å². The van der Waals surface area contributed by atoms with Crippen LogP contribution < -0.4 is 10.6 Å². The maximum atomic E-state index is 11.5. The number of carboxylic acid groups (broad SMARTS) is 1. The average Bonchev–Trinajstić information content (AvgIpc) is 2.40. The van der Waals surface area contributed by atoms with E-state index >= 15 is 0 Å². The summed E-state index contributed by atoms with van der Waals surface area (Å²) in [5.74, 6) is 0.114. The molecular formula is C13H18N2O4S. The number of carbonyl (C=O) groups is 2. The third kappa shape index (κ3) is 6.33. The van der Waals surface area contributed by atoms with Gasteiger partial charge >= 0.3 is 12.0 Å². The highest BCUT2D eigenvalue weighted by Crippen LogP contribution is 2.09. The number of hydrogen-bond donors (Lipinski definition) is 3. The first-order valence-corrected chi connectivity index (χ1v) is 7.70. The molecule has 110 valence electrons. The lowest BCUT2D eigenvalue weighted by Gasteiger charge is -2.07. The van der Waals surface area contributed by atoms with Crippen LogP contribution in [0.25, 0.3) is 0 Å². The Morgan fingerprint density at radius 1 is 1.25 bits per heavy atom. The normalized spacial score (nSPS) is 11.7. The number of anilines is 1. The van der Waals surface area contributed by atoms with Crippen molar-refractivity contribution in [2.75, 3.05) is 23.4 Å². The highest BCUT2D eigenvalue weighted by atomic mass is 32.2. The van der Waals surface area contributed by atoms with Gasteiger partial charge in [0.2, 0.25) is 0 Å². The summed E-state index contributed by atoms with van der Waals surface area (Å²) in [4.78, 5) is 22.1. The molecule has 0 saturated heterocycles. The van der Waals surface area contributed by atoms with Gasteiger partial charge in [-0.1, -0.05) is 19.1 Å². The van der Waals surface area contributed by atoms with Crippen molar-refractivity contribution in [3.63, 3.8) is 0 Å². The van der Waals surface area contributed by atoms with Gasteiger partial charge in [-0.3, -0.25) is 9.00 Å². The van der Waals surface area contributed by atoms with Crippen molar-refractivity contribution in [3.8, 4) is 0 Å². The summed E-state index contributed by atoms with van der Waals surface area (Å²) in [5.41, 5.74) is 1.25. The molecule has 2 amide bonds. The molecule has 0 bridgehead atoms. The van der Waals surface area contributed by atoms with Gasteiger partial charge in [-0.15, -0.1) is 0 Å². The Kier molecular flexibility index (Phi) is 6.72. The molecule has 1 rings (SSSR count). The molecule has 1 aromatic rings. The van der Waals surface area contributed by atoms with E-state index in [1.807, 2.05) is 6.92 Å². The van der Waals surface area contributed by atoms with E-state index in [4.69, 9.17) is 5.11 Å². The smallest absolute Gasteiger partial charge is 0.319 e. The lowest BCUT2D eigenvalue weighted by atomic mass is 10.1. The molecule has 0 aromatic heterocycles. The minimum Gasteiger partial charge on any atom is -0.481 e. The fourth-order valence-corrected chi connectivity index (χ4v) is 2.10. The second kappa shape index (κ2) is 8.31. The van der Waals surface area contributed by atoms with E-state index in [1.54, 1.807) is 24.3 Å². The van der Waals surface area contributed by atoms with Crippen molar-refractivity contribution in [1.29, 1.82) is 0 Å². The Morgan fingerprint density at radius 3 is 2.45 bits per heavy atom. The Labute approximate surface area is 120 Å². The molecule has 0 spiro atoms. The van der Waals surface area contributed by atoms with Crippen molar-refractivity contribution in [1.82, 2.24) is 5.32 Å². The summed E-state index contributed by atoms with van der Waals surface area (Å²) in [6.45, 7) is 2.18. The fraction of sp³-hybridized carbons (Fsp3) is 0.385. The zero-order chi connectivity index (χ0) is 15.0. The molecule has 3 N–H and O–H groups in total. The van der Waals surface area contributed by atoms with E-state index in [2.05, 4.69) is 10.6 Å². The Bertz CT molecular complexity index is 488. The minimum absolute atomic E-state index is 0.0463. The number of hydrogen-bond acceptors (Lipinski definition) is 3. The molecule has 1 aromatic carbocycles. The molecule has 1 unspecified atom stereocenters. The van der Waals surface area contributed by atoms with E-state index in [-0.39, 0.29) is 12.5 Å². The van der Waals surface area contributed by atoms with Crippen molar-refractivity contribution in [3.05, 3.63) is 29.8 Å². The highest BCUT2D eigenvalue weighted by molar-refractivity contribution is 7.84. The van der Waals surface area contributed by atoms with Crippen LogP contribution in [0.15, 0.2) is 24.3 Å². The number of carbonyl (C=O) groups excluding carboxylic acids is 1. The van der Waals surface area contributed by atoms with Crippen molar-refractivity contribution >= 4 is 28.5 Å². The van der Waals surface area contributed by atoms with Gasteiger partial charge in [-0.05, 0) is 17.7 Å². The summed E-state index contributed by atoms with van der Waals surface area (Å²) in [5, 5.41) is 13.9. The topological polar surface area (TPSA) is 95.5 Å². The molecule has 0 aliphatic rings. The van der Waals surface area contributed by atoms with Crippen LogP contribution in [-0.2, 0) is 22.0 Å². The molecule has 0 fully saturated rings. The number of benzene rings is 1. The van der Waals surface area contributed by atoms with Gasteiger partial charge in [-0.2, -0.15) is 0 Å². The molecule has 7 heteroatoms.